The van der Waals surface area contributed by atoms with E-state index in [4.69, 9.17) is 0 Å². The second-order valence-corrected chi connectivity index (χ2v) is 6.77. The zero-order valence-electron chi connectivity index (χ0n) is 14.0. The van der Waals surface area contributed by atoms with Gasteiger partial charge in [-0.25, -0.2) is 9.37 Å². The monoisotopic (exact) mass is 369 g/mol. The van der Waals surface area contributed by atoms with Gasteiger partial charge in [-0.3, -0.25) is 14.9 Å². The molecule has 0 fully saturated rings. The maximum atomic E-state index is 13.3. The molecule has 1 aromatic heterocycles. The lowest BCUT2D eigenvalue weighted by molar-refractivity contribution is -0.114. The fraction of sp³-hybridized carbons (Fsp3) is 0.105. The van der Waals surface area contributed by atoms with Gasteiger partial charge in [0.2, 0.25) is 5.91 Å². The maximum absolute atomic E-state index is 13.3. The number of amides is 2. The molecule has 0 spiro atoms. The van der Waals surface area contributed by atoms with Gasteiger partial charge in [0.1, 0.15) is 5.82 Å². The summed E-state index contributed by atoms with van der Waals surface area (Å²) in [6.07, 6.45) is 2.21. The van der Waals surface area contributed by atoms with Gasteiger partial charge in [0.05, 0.1) is 0 Å². The van der Waals surface area contributed by atoms with Crippen LogP contribution in [0.15, 0.2) is 54.7 Å². The Balaban J connectivity index is 1.67. The van der Waals surface area contributed by atoms with Gasteiger partial charge < -0.3 is 5.32 Å². The summed E-state index contributed by atoms with van der Waals surface area (Å²) in [6.45, 7) is 1.41. The minimum Gasteiger partial charge on any atom is -0.326 e. The summed E-state index contributed by atoms with van der Waals surface area (Å²) in [5.74, 6) is -0.798. The van der Waals surface area contributed by atoms with E-state index in [1.54, 1.807) is 36.5 Å². The molecule has 26 heavy (non-hydrogen) atoms. The SMILES string of the molecule is CC(=O)Nc1cccc(C(=O)Nc2ncc(Cc3cccc(F)c3)s2)c1. The quantitative estimate of drug-likeness (QED) is 0.712. The third kappa shape index (κ3) is 4.73. The number of nitrogens with zero attached hydrogens (tertiary/aromatic N) is 1. The first-order valence-corrected chi connectivity index (χ1v) is 8.69. The van der Waals surface area contributed by atoms with E-state index in [2.05, 4.69) is 15.6 Å². The van der Waals surface area contributed by atoms with Crippen LogP contribution in [0.5, 0.6) is 0 Å². The lowest BCUT2D eigenvalue weighted by atomic mass is 10.1. The lowest BCUT2D eigenvalue weighted by Crippen LogP contribution is -2.12. The van der Waals surface area contributed by atoms with E-state index in [1.165, 1.54) is 30.4 Å². The highest BCUT2D eigenvalue weighted by Crippen LogP contribution is 2.22. The van der Waals surface area contributed by atoms with Crippen LogP contribution in [0.3, 0.4) is 0 Å². The molecule has 2 N–H and O–H groups in total. The summed E-state index contributed by atoms with van der Waals surface area (Å²) in [7, 11) is 0. The predicted octanol–water partition coefficient (Wildman–Crippen LogP) is 4.08. The van der Waals surface area contributed by atoms with Gasteiger partial charge in [-0.1, -0.05) is 18.2 Å². The number of thiazole rings is 1. The van der Waals surface area contributed by atoms with Crippen molar-refractivity contribution in [1.82, 2.24) is 4.98 Å². The molecular formula is C19H16FN3O2S. The van der Waals surface area contributed by atoms with Crippen molar-refractivity contribution < 1.29 is 14.0 Å². The first-order valence-electron chi connectivity index (χ1n) is 7.88. The molecule has 0 radical (unpaired) electrons. The van der Waals surface area contributed by atoms with E-state index < -0.39 is 0 Å². The van der Waals surface area contributed by atoms with Crippen LogP contribution in [0, 0.1) is 5.82 Å². The molecular weight excluding hydrogens is 353 g/mol. The van der Waals surface area contributed by atoms with Crippen molar-refractivity contribution in [3.05, 3.63) is 76.5 Å². The Morgan fingerprint density at radius 3 is 2.69 bits per heavy atom. The number of carbonyl (C=O) groups excluding carboxylic acids is 2. The number of aromatic nitrogens is 1. The fourth-order valence-corrected chi connectivity index (χ4v) is 3.25. The highest BCUT2D eigenvalue weighted by Gasteiger charge is 2.10. The van der Waals surface area contributed by atoms with Gasteiger partial charge in [0.15, 0.2) is 5.13 Å². The highest BCUT2D eigenvalue weighted by atomic mass is 32.1. The van der Waals surface area contributed by atoms with Gasteiger partial charge in [0, 0.05) is 35.7 Å². The fourth-order valence-electron chi connectivity index (χ4n) is 2.41. The van der Waals surface area contributed by atoms with Crippen LogP contribution in [0.1, 0.15) is 27.7 Å². The summed E-state index contributed by atoms with van der Waals surface area (Å²) < 4.78 is 13.3. The molecule has 0 saturated heterocycles. The number of carbonyl (C=O) groups is 2. The summed E-state index contributed by atoms with van der Waals surface area (Å²) in [5.41, 5.74) is 1.81. The third-order valence-electron chi connectivity index (χ3n) is 3.49. The van der Waals surface area contributed by atoms with Gasteiger partial charge in [0.25, 0.3) is 5.91 Å². The second kappa shape index (κ2) is 7.88. The molecule has 3 aromatic rings. The summed E-state index contributed by atoms with van der Waals surface area (Å²) in [5, 5.41) is 5.84. The minimum absolute atomic E-state index is 0.204. The Labute approximate surface area is 153 Å². The van der Waals surface area contributed by atoms with Crippen molar-refractivity contribution in [1.29, 1.82) is 0 Å². The van der Waals surface area contributed by atoms with Crippen LogP contribution in [-0.2, 0) is 11.2 Å². The molecule has 0 atom stereocenters. The van der Waals surface area contributed by atoms with Gasteiger partial charge in [-0.2, -0.15) is 0 Å². The smallest absolute Gasteiger partial charge is 0.257 e. The number of benzene rings is 2. The molecule has 7 heteroatoms. The van der Waals surface area contributed by atoms with E-state index in [0.717, 1.165) is 10.4 Å². The summed E-state index contributed by atoms with van der Waals surface area (Å²) in [4.78, 5) is 28.6. The largest absolute Gasteiger partial charge is 0.326 e. The molecule has 0 aliphatic carbocycles. The standard InChI is InChI=1S/C19H16FN3O2S/c1-12(24)22-16-7-3-5-14(10-16)18(25)23-19-21-11-17(26-19)9-13-4-2-6-15(20)8-13/h2-8,10-11H,9H2,1H3,(H,22,24)(H,21,23,25). The summed E-state index contributed by atoms with van der Waals surface area (Å²) in [6, 6.07) is 13.0. The molecule has 0 saturated carbocycles. The molecule has 3 rings (SSSR count). The third-order valence-corrected chi connectivity index (χ3v) is 4.40. The zero-order chi connectivity index (χ0) is 18.5. The molecule has 0 unspecified atom stereocenters. The van der Waals surface area contributed by atoms with Gasteiger partial charge in [-0.15, -0.1) is 11.3 Å². The van der Waals surface area contributed by atoms with E-state index in [1.807, 2.05) is 6.07 Å². The first-order chi connectivity index (χ1) is 12.5. The molecule has 0 bridgehead atoms. The second-order valence-electron chi connectivity index (χ2n) is 5.65. The zero-order valence-corrected chi connectivity index (χ0v) is 14.8. The number of hydrogen-bond acceptors (Lipinski definition) is 4. The van der Waals surface area contributed by atoms with Crippen LogP contribution >= 0.6 is 11.3 Å². The van der Waals surface area contributed by atoms with E-state index in [-0.39, 0.29) is 17.6 Å². The van der Waals surface area contributed by atoms with E-state index >= 15 is 0 Å². The topological polar surface area (TPSA) is 71.1 Å². The van der Waals surface area contributed by atoms with Crippen LogP contribution in [0.4, 0.5) is 15.2 Å². The molecule has 5 nitrogen and oxygen atoms in total. The highest BCUT2D eigenvalue weighted by molar-refractivity contribution is 7.15. The number of anilines is 2. The lowest BCUT2D eigenvalue weighted by Gasteiger charge is -2.05. The number of hydrogen-bond donors (Lipinski definition) is 2. The van der Waals surface area contributed by atoms with Crippen LogP contribution in [-0.4, -0.2) is 16.8 Å². The molecule has 1 heterocycles. The van der Waals surface area contributed by atoms with Crippen LogP contribution in [0.2, 0.25) is 0 Å². The Hall–Kier alpha value is -3.06. The van der Waals surface area contributed by atoms with Crippen molar-refractivity contribution in [2.24, 2.45) is 0 Å². The minimum atomic E-state index is -0.316. The van der Waals surface area contributed by atoms with Gasteiger partial charge >= 0.3 is 0 Å². The predicted molar refractivity (Wildman–Crippen MR) is 100 cm³/mol. The Morgan fingerprint density at radius 2 is 1.92 bits per heavy atom. The Bertz CT molecular complexity index is 955. The average molecular weight is 369 g/mol. The van der Waals surface area contributed by atoms with Crippen LogP contribution in [0.25, 0.3) is 0 Å². The molecule has 2 amide bonds. The molecule has 132 valence electrons. The van der Waals surface area contributed by atoms with E-state index in [9.17, 15) is 14.0 Å². The Kier molecular flexibility index (Phi) is 5.38. The van der Waals surface area contributed by atoms with E-state index in [0.29, 0.717) is 22.8 Å². The first kappa shape index (κ1) is 17.8. The molecule has 0 aliphatic rings. The Morgan fingerprint density at radius 1 is 1.12 bits per heavy atom. The average Bonchev–Trinajstić information content (AvgIpc) is 3.01. The van der Waals surface area contributed by atoms with Crippen molar-refractivity contribution in [3.63, 3.8) is 0 Å². The number of nitrogens with one attached hydrogen (secondary N) is 2. The van der Waals surface area contributed by atoms with Crippen molar-refractivity contribution in [3.8, 4) is 0 Å². The van der Waals surface area contributed by atoms with Crippen molar-refractivity contribution in [2.45, 2.75) is 13.3 Å². The normalized spacial score (nSPS) is 10.4. The van der Waals surface area contributed by atoms with Gasteiger partial charge in [-0.05, 0) is 35.9 Å². The number of rotatable bonds is 5. The number of halogens is 1. The van der Waals surface area contributed by atoms with Crippen LogP contribution < -0.4 is 10.6 Å². The molecule has 0 aliphatic heterocycles. The van der Waals surface area contributed by atoms with Crippen molar-refractivity contribution >= 4 is 34.0 Å². The molecule has 2 aromatic carbocycles. The maximum Gasteiger partial charge on any atom is 0.257 e. The van der Waals surface area contributed by atoms with Crippen molar-refractivity contribution in [2.75, 3.05) is 10.6 Å². The summed E-state index contributed by atoms with van der Waals surface area (Å²) >= 11 is 1.34.